The molecule has 4 nitrogen and oxygen atoms in total. The summed E-state index contributed by atoms with van der Waals surface area (Å²) in [4.78, 5) is 2.24. The Kier molecular flexibility index (Phi) is 2.79. The molecular weight excluding hydrogens is 192 g/mol. The summed E-state index contributed by atoms with van der Waals surface area (Å²) in [6, 6.07) is 5.55. The van der Waals surface area contributed by atoms with E-state index in [1.807, 2.05) is 6.07 Å². The number of benzene rings is 1. The van der Waals surface area contributed by atoms with Crippen molar-refractivity contribution in [3.8, 4) is 11.5 Å². The largest absolute Gasteiger partial charge is 0.504 e. The van der Waals surface area contributed by atoms with E-state index in [9.17, 15) is 10.2 Å². The first-order valence-electron chi connectivity index (χ1n) is 5.08. The lowest BCUT2D eigenvalue weighted by molar-refractivity contribution is 0.173. The number of aromatic hydroxyl groups is 2. The van der Waals surface area contributed by atoms with E-state index in [0.717, 1.165) is 25.2 Å². The summed E-state index contributed by atoms with van der Waals surface area (Å²) >= 11 is 0. The smallest absolute Gasteiger partial charge is 0.157 e. The van der Waals surface area contributed by atoms with Crippen LogP contribution in [-0.2, 0) is 6.54 Å². The maximum atomic E-state index is 9.34. The van der Waals surface area contributed by atoms with Gasteiger partial charge in [-0.1, -0.05) is 6.07 Å². The molecule has 1 aromatic carbocycles. The molecule has 0 spiro atoms. The molecule has 0 atom stereocenters. The number of nitrogens with zero attached hydrogens (tertiary/aromatic N) is 1. The first kappa shape index (κ1) is 10.3. The van der Waals surface area contributed by atoms with Crippen molar-refractivity contribution in [3.05, 3.63) is 23.8 Å². The molecule has 82 valence electrons. The standard InChI is InChI=1S/C11H16N2O2/c1-13(9-5-12-6-9)7-8-2-3-10(14)11(15)4-8/h2-4,9,12,14-15H,5-7H2,1H3. The summed E-state index contributed by atoms with van der Waals surface area (Å²) in [6.07, 6.45) is 0. The van der Waals surface area contributed by atoms with Crippen molar-refractivity contribution >= 4 is 0 Å². The Morgan fingerprint density at radius 2 is 2.07 bits per heavy atom. The highest BCUT2D eigenvalue weighted by atomic mass is 16.3. The molecule has 0 unspecified atom stereocenters. The summed E-state index contributed by atoms with van der Waals surface area (Å²) in [5, 5.41) is 21.7. The third-order valence-electron chi connectivity index (χ3n) is 2.86. The number of rotatable bonds is 3. The van der Waals surface area contributed by atoms with E-state index in [1.54, 1.807) is 6.07 Å². The van der Waals surface area contributed by atoms with Crippen LogP contribution in [0.3, 0.4) is 0 Å². The molecule has 0 bridgehead atoms. The van der Waals surface area contributed by atoms with Gasteiger partial charge in [0.2, 0.25) is 0 Å². The van der Waals surface area contributed by atoms with Crippen molar-refractivity contribution in [3.63, 3.8) is 0 Å². The molecule has 3 N–H and O–H groups in total. The van der Waals surface area contributed by atoms with E-state index in [-0.39, 0.29) is 11.5 Å². The van der Waals surface area contributed by atoms with Crippen LogP contribution in [0.1, 0.15) is 5.56 Å². The van der Waals surface area contributed by atoms with Gasteiger partial charge < -0.3 is 15.5 Å². The van der Waals surface area contributed by atoms with Gasteiger partial charge in [0, 0.05) is 25.7 Å². The minimum Gasteiger partial charge on any atom is -0.504 e. The minimum atomic E-state index is -0.0632. The van der Waals surface area contributed by atoms with Crippen molar-refractivity contribution in [1.82, 2.24) is 10.2 Å². The molecule has 0 radical (unpaired) electrons. The summed E-state index contributed by atoms with van der Waals surface area (Å²) in [5.41, 5.74) is 1.01. The monoisotopic (exact) mass is 208 g/mol. The average Bonchev–Trinajstić information content (AvgIpc) is 2.08. The summed E-state index contributed by atoms with van der Waals surface area (Å²) in [7, 11) is 2.06. The molecule has 1 aromatic rings. The lowest BCUT2D eigenvalue weighted by Crippen LogP contribution is -2.55. The SMILES string of the molecule is CN(Cc1ccc(O)c(O)c1)C1CNC1. The molecular formula is C11H16N2O2. The van der Waals surface area contributed by atoms with Gasteiger partial charge in [-0.2, -0.15) is 0 Å². The fourth-order valence-corrected chi connectivity index (χ4v) is 1.67. The van der Waals surface area contributed by atoms with Crippen molar-refractivity contribution in [1.29, 1.82) is 0 Å². The first-order chi connectivity index (χ1) is 7.16. The van der Waals surface area contributed by atoms with Gasteiger partial charge in [-0.15, -0.1) is 0 Å². The van der Waals surface area contributed by atoms with E-state index in [0.29, 0.717) is 6.04 Å². The predicted octanol–water partition coefficient (Wildman–Crippen LogP) is 0.501. The number of phenols is 2. The van der Waals surface area contributed by atoms with Crippen molar-refractivity contribution in [2.24, 2.45) is 0 Å². The number of likely N-dealkylation sites (N-methyl/N-ethyl adjacent to an activating group) is 1. The predicted molar refractivity (Wildman–Crippen MR) is 57.9 cm³/mol. The molecule has 2 rings (SSSR count). The van der Waals surface area contributed by atoms with Crippen molar-refractivity contribution in [2.75, 3.05) is 20.1 Å². The van der Waals surface area contributed by atoms with Crippen LogP contribution in [-0.4, -0.2) is 41.3 Å². The summed E-state index contributed by atoms with van der Waals surface area (Å²) in [5.74, 6) is -0.112. The molecule has 0 aromatic heterocycles. The third kappa shape index (κ3) is 2.22. The highest BCUT2D eigenvalue weighted by Crippen LogP contribution is 2.25. The van der Waals surface area contributed by atoms with Crippen LogP contribution in [0.5, 0.6) is 11.5 Å². The Hall–Kier alpha value is -1.26. The van der Waals surface area contributed by atoms with Crippen LogP contribution in [0.25, 0.3) is 0 Å². The first-order valence-corrected chi connectivity index (χ1v) is 5.08. The average molecular weight is 208 g/mol. The van der Waals surface area contributed by atoms with E-state index in [2.05, 4.69) is 17.3 Å². The van der Waals surface area contributed by atoms with Crippen LogP contribution < -0.4 is 5.32 Å². The number of phenolic OH excluding ortho intramolecular Hbond substituents is 2. The lowest BCUT2D eigenvalue weighted by atomic mass is 10.1. The normalized spacial score (nSPS) is 16.7. The Morgan fingerprint density at radius 1 is 1.33 bits per heavy atom. The van der Waals surface area contributed by atoms with Crippen LogP contribution in [0.4, 0.5) is 0 Å². The molecule has 1 aliphatic heterocycles. The maximum Gasteiger partial charge on any atom is 0.157 e. The topological polar surface area (TPSA) is 55.7 Å². The van der Waals surface area contributed by atoms with E-state index in [4.69, 9.17) is 0 Å². The van der Waals surface area contributed by atoms with E-state index < -0.39 is 0 Å². The Labute approximate surface area is 89.1 Å². The van der Waals surface area contributed by atoms with Crippen molar-refractivity contribution < 1.29 is 10.2 Å². The van der Waals surface area contributed by atoms with Gasteiger partial charge in [0.15, 0.2) is 11.5 Å². The second-order valence-corrected chi connectivity index (χ2v) is 4.05. The van der Waals surface area contributed by atoms with Gasteiger partial charge in [-0.25, -0.2) is 0 Å². The second kappa shape index (κ2) is 4.08. The van der Waals surface area contributed by atoms with Gasteiger partial charge in [0.05, 0.1) is 0 Å². The minimum absolute atomic E-state index is 0.0485. The van der Waals surface area contributed by atoms with E-state index in [1.165, 1.54) is 6.07 Å². The zero-order valence-corrected chi connectivity index (χ0v) is 8.77. The maximum absolute atomic E-state index is 9.34. The molecule has 0 amide bonds. The van der Waals surface area contributed by atoms with Gasteiger partial charge in [-0.3, -0.25) is 4.90 Å². The summed E-state index contributed by atoms with van der Waals surface area (Å²) in [6.45, 7) is 2.85. The number of nitrogens with one attached hydrogen (secondary N) is 1. The third-order valence-corrected chi connectivity index (χ3v) is 2.86. The lowest BCUT2D eigenvalue weighted by Gasteiger charge is -2.35. The summed E-state index contributed by atoms with van der Waals surface area (Å²) < 4.78 is 0. The molecule has 1 saturated heterocycles. The van der Waals surface area contributed by atoms with Gasteiger partial charge in [0.25, 0.3) is 0 Å². The number of hydrogen-bond donors (Lipinski definition) is 3. The van der Waals surface area contributed by atoms with Crippen LogP contribution in [0.15, 0.2) is 18.2 Å². The Balaban J connectivity index is 2.00. The zero-order chi connectivity index (χ0) is 10.8. The second-order valence-electron chi connectivity index (χ2n) is 4.05. The molecule has 4 heteroatoms. The highest BCUT2D eigenvalue weighted by molar-refractivity contribution is 5.40. The fraction of sp³-hybridized carbons (Fsp3) is 0.455. The van der Waals surface area contributed by atoms with Crippen LogP contribution >= 0.6 is 0 Å². The molecule has 0 saturated carbocycles. The molecule has 1 fully saturated rings. The van der Waals surface area contributed by atoms with E-state index >= 15 is 0 Å². The quantitative estimate of drug-likeness (QED) is 0.633. The Bertz CT molecular complexity index is 350. The van der Waals surface area contributed by atoms with Gasteiger partial charge in [0.1, 0.15) is 0 Å². The molecule has 0 aliphatic carbocycles. The molecule has 15 heavy (non-hydrogen) atoms. The van der Waals surface area contributed by atoms with Gasteiger partial charge in [-0.05, 0) is 24.7 Å². The fourth-order valence-electron chi connectivity index (χ4n) is 1.67. The van der Waals surface area contributed by atoms with Crippen LogP contribution in [0.2, 0.25) is 0 Å². The highest BCUT2D eigenvalue weighted by Gasteiger charge is 2.21. The Morgan fingerprint density at radius 3 is 2.60 bits per heavy atom. The molecule has 1 aliphatic rings. The van der Waals surface area contributed by atoms with Gasteiger partial charge >= 0.3 is 0 Å². The van der Waals surface area contributed by atoms with Crippen LogP contribution in [0, 0.1) is 0 Å². The number of hydrogen-bond acceptors (Lipinski definition) is 4. The van der Waals surface area contributed by atoms with Crippen molar-refractivity contribution in [2.45, 2.75) is 12.6 Å². The molecule has 1 heterocycles. The zero-order valence-electron chi connectivity index (χ0n) is 8.77.